The number of carbonyl (C=O) groups is 1. The molecule has 0 aliphatic heterocycles. The number of aromatic nitrogens is 2. The predicted molar refractivity (Wildman–Crippen MR) is 97.7 cm³/mol. The second-order valence-corrected chi connectivity index (χ2v) is 5.89. The summed E-state index contributed by atoms with van der Waals surface area (Å²) < 4.78 is 24.4. The van der Waals surface area contributed by atoms with Crippen LogP contribution in [0.5, 0.6) is 5.75 Å². The maximum Gasteiger partial charge on any atom is 0.251 e. The van der Waals surface area contributed by atoms with E-state index in [4.69, 9.17) is 9.15 Å². The highest BCUT2D eigenvalue weighted by Crippen LogP contribution is 2.28. The molecule has 3 rings (SSSR count). The topological polar surface area (TPSA) is 77.2 Å². The number of methoxy groups -OCH3 is 1. The van der Waals surface area contributed by atoms with Crippen LogP contribution >= 0.6 is 0 Å². The number of benzene rings is 2. The fourth-order valence-electron chi connectivity index (χ4n) is 2.63. The fraction of sp³-hybridized carbons (Fsp3) is 0.250. The van der Waals surface area contributed by atoms with Gasteiger partial charge in [-0.2, -0.15) is 0 Å². The zero-order chi connectivity index (χ0) is 19.1. The first-order chi connectivity index (χ1) is 13.2. The number of amides is 1. The zero-order valence-electron chi connectivity index (χ0n) is 14.9. The highest BCUT2D eigenvalue weighted by atomic mass is 19.1. The molecule has 1 amide bonds. The molecule has 0 spiro atoms. The number of hydrogen-bond acceptors (Lipinski definition) is 5. The number of aryl methyl sites for hydroxylation is 1. The molecule has 0 aliphatic carbocycles. The van der Waals surface area contributed by atoms with E-state index in [2.05, 4.69) is 15.5 Å². The van der Waals surface area contributed by atoms with Crippen molar-refractivity contribution in [2.45, 2.75) is 19.3 Å². The van der Waals surface area contributed by atoms with E-state index >= 15 is 0 Å². The molecule has 1 N–H and O–H groups in total. The van der Waals surface area contributed by atoms with Gasteiger partial charge in [-0.1, -0.05) is 30.3 Å². The lowest BCUT2D eigenvalue weighted by molar-refractivity contribution is -0.121. The first-order valence-corrected chi connectivity index (χ1v) is 8.63. The molecule has 27 heavy (non-hydrogen) atoms. The second-order valence-electron chi connectivity index (χ2n) is 5.89. The number of ether oxygens (including phenoxy) is 1. The maximum atomic E-state index is 13.5. The van der Waals surface area contributed by atoms with Crippen LogP contribution in [-0.2, 0) is 17.6 Å². The number of nitrogens with one attached hydrogen (secondary N) is 1. The van der Waals surface area contributed by atoms with Gasteiger partial charge in [-0.15, -0.1) is 10.2 Å². The summed E-state index contributed by atoms with van der Waals surface area (Å²) in [7, 11) is 1.57. The Balaban J connectivity index is 1.48. The lowest BCUT2D eigenvalue weighted by Gasteiger charge is -2.05. The zero-order valence-corrected chi connectivity index (χ0v) is 14.9. The predicted octanol–water partition coefficient (Wildman–Crippen LogP) is 3.18. The van der Waals surface area contributed by atoms with Crippen LogP contribution in [0.25, 0.3) is 11.5 Å². The average molecular weight is 369 g/mol. The van der Waals surface area contributed by atoms with E-state index in [0.717, 1.165) is 0 Å². The van der Waals surface area contributed by atoms with Crippen molar-refractivity contribution in [1.82, 2.24) is 15.5 Å². The van der Waals surface area contributed by atoms with Gasteiger partial charge in [0.15, 0.2) is 0 Å². The van der Waals surface area contributed by atoms with Gasteiger partial charge in [-0.25, -0.2) is 4.39 Å². The minimum Gasteiger partial charge on any atom is -0.496 e. The quantitative estimate of drug-likeness (QED) is 0.660. The van der Waals surface area contributed by atoms with Gasteiger partial charge in [0.05, 0.1) is 12.7 Å². The van der Waals surface area contributed by atoms with E-state index in [9.17, 15) is 9.18 Å². The molecule has 0 unspecified atom stereocenters. The minimum absolute atomic E-state index is 0.150. The molecule has 0 bridgehead atoms. The molecule has 0 saturated carbocycles. The smallest absolute Gasteiger partial charge is 0.251 e. The van der Waals surface area contributed by atoms with Crippen LogP contribution in [0.15, 0.2) is 52.9 Å². The van der Waals surface area contributed by atoms with Crippen LogP contribution < -0.4 is 10.1 Å². The molecule has 0 radical (unpaired) electrons. The summed E-state index contributed by atoms with van der Waals surface area (Å²) in [5.74, 6) is 0.950. The van der Waals surface area contributed by atoms with Crippen molar-refractivity contribution in [1.29, 1.82) is 0 Å². The van der Waals surface area contributed by atoms with Gasteiger partial charge in [0.2, 0.25) is 11.8 Å². The largest absolute Gasteiger partial charge is 0.496 e. The van der Waals surface area contributed by atoms with Crippen LogP contribution in [0.2, 0.25) is 0 Å². The third-order valence-corrected chi connectivity index (χ3v) is 4.04. The summed E-state index contributed by atoms with van der Waals surface area (Å²) in [6.07, 6.45) is 0.982. The molecule has 1 heterocycles. The summed E-state index contributed by atoms with van der Waals surface area (Å²) >= 11 is 0. The van der Waals surface area contributed by atoms with Crippen LogP contribution in [0.3, 0.4) is 0 Å². The molecule has 0 aliphatic rings. The lowest BCUT2D eigenvalue weighted by Crippen LogP contribution is -2.26. The van der Waals surface area contributed by atoms with Gasteiger partial charge >= 0.3 is 0 Å². The van der Waals surface area contributed by atoms with Crippen molar-refractivity contribution in [3.63, 3.8) is 0 Å². The van der Waals surface area contributed by atoms with Crippen LogP contribution in [0.1, 0.15) is 17.9 Å². The van der Waals surface area contributed by atoms with Gasteiger partial charge in [0.1, 0.15) is 11.6 Å². The molecule has 3 aromatic rings. The molecular weight excluding hydrogens is 349 g/mol. The fourth-order valence-corrected chi connectivity index (χ4v) is 2.63. The van der Waals surface area contributed by atoms with Crippen molar-refractivity contribution in [2.75, 3.05) is 13.7 Å². The number of halogens is 1. The summed E-state index contributed by atoms with van der Waals surface area (Å²) in [5.41, 5.74) is 1.28. The van der Waals surface area contributed by atoms with E-state index in [0.29, 0.717) is 48.0 Å². The summed E-state index contributed by atoms with van der Waals surface area (Å²) in [4.78, 5) is 12.0. The Morgan fingerprint density at radius 3 is 2.70 bits per heavy atom. The molecule has 0 saturated heterocycles. The van der Waals surface area contributed by atoms with E-state index in [1.165, 1.54) is 6.07 Å². The van der Waals surface area contributed by atoms with Crippen molar-refractivity contribution < 1.29 is 18.3 Å². The first-order valence-electron chi connectivity index (χ1n) is 8.63. The molecule has 140 valence electrons. The number of hydrogen-bond donors (Lipinski definition) is 1. The molecular formula is C20H20FN3O3. The standard InChI is InChI=1S/C20H20FN3O3/c1-26-17-9-5-3-7-15(17)20-24-23-19(27-20)11-10-18(25)22-13-12-14-6-2-4-8-16(14)21/h2-9H,10-13H2,1H3,(H,22,25). The molecule has 2 aromatic carbocycles. The summed E-state index contributed by atoms with van der Waals surface area (Å²) in [6.45, 7) is 0.371. The number of nitrogens with zero attached hydrogens (tertiary/aromatic N) is 2. The maximum absolute atomic E-state index is 13.5. The molecule has 7 heteroatoms. The van der Waals surface area contributed by atoms with E-state index < -0.39 is 0 Å². The van der Waals surface area contributed by atoms with E-state index in [-0.39, 0.29) is 18.1 Å². The first kappa shape index (κ1) is 18.6. The Morgan fingerprint density at radius 1 is 1.11 bits per heavy atom. The molecule has 1 aromatic heterocycles. The van der Waals surface area contributed by atoms with Crippen LogP contribution in [0.4, 0.5) is 4.39 Å². The summed E-state index contributed by atoms with van der Waals surface area (Å²) in [5, 5.41) is 10.8. The minimum atomic E-state index is -0.263. The molecule has 6 nitrogen and oxygen atoms in total. The Labute approximate surface area is 156 Å². The number of para-hydroxylation sites is 1. The number of rotatable bonds is 8. The third-order valence-electron chi connectivity index (χ3n) is 4.04. The molecule has 0 fully saturated rings. The van der Waals surface area contributed by atoms with Crippen molar-refractivity contribution >= 4 is 5.91 Å². The molecule has 0 atom stereocenters. The lowest BCUT2D eigenvalue weighted by atomic mass is 10.1. The monoisotopic (exact) mass is 369 g/mol. The van der Waals surface area contributed by atoms with Gasteiger partial charge in [-0.3, -0.25) is 4.79 Å². The second kappa shape index (κ2) is 8.93. The highest BCUT2D eigenvalue weighted by molar-refractivity contribution is 5.76. The van der Waals surface area contributed by atoms with Gasteiger partial charge in [0.25, 0.3) is 5.89 Å². The van der Waals surface area contributed by atoms with Crippen molar-refractivity contribution in [3.8, 4) is 17.2 Å². The Hall–Kier alpha value is -3.22. The van der Waals surface area contributed by atoms with Crippen LogP contribution in [0, 0.1) is 5.82 Å². The number of carbonyl (C=O) groups excluding carboxylic acids is 1. The van der Waals surface area contributed by atoms with Gasteiger partial charge in [-0.05, 0) is 30.2 Å². The highest BCUT2D eigenvalue weighted by Gasteiger charge is 2.14. The van der Waals surface area contributed by atoms with Gasteiger partial charge < -0.3 is 14.5 Å². The van der Waals surface area contributed by atoms with Gasteiger partial charge in [0, 0.05) is 19.4 Å². The Bertz CT molecular complexity index is 911. The van der Waals surface area contributed by atoms with E-state index in [1.54, 1.807) is 25.3 Å². The van der Waals surface area contributed by atoms with Crippen molar-refractivity contribution in [2.24, 2.45) is 0 Å². The SMILES string of the molecule is COc1ccccc1-c1nnc(CCC(=O)NCCc2ccccc2F)o1. The summed E-state index contributed by atoms with van der Waals surface area (Å²) in [6, 6.07) is 13.9. The van der Waals surface area contributed by atoms with Crippen LogP contribution in [-0.4, -0.2) is 29.8 Å². The van der Waals surface area contributed by atoms with E-state index in [1.807, 2.05) is 24.3 Å². The third kappa shape index (κ3) is 4.91. The van der Waals surface area contributed by atoms with Crippen molar-refractivity contribution in [3.05, 3.63) is 65.8 Å². The normalized spacial score (nSPS) is 10.6. The average Bonchev–Trinajstić information content (AvgIpc) is 3.17. The Kier molecular flexibility index (Phi) is 6.14. The Morgan fingerprint density at radius 2 is 1.89 bits per heavy atom.